The zero-order valence-electron chi connectivity index (χ0n) is 15.0. The van der Waals surface area contributed by atoms with Gasteiger partial charge in [0.25, 0.3) is 0 Å². The molecule has 134 valence electrons. The molecule has 2 heterocycles. The van der Waals surface area contributed by atoms with Crippen molar-refractivity contribution >= 4 is 5.91 Å². The highest BCUT2D eigenvalue weighted by atomic mass is 16.5. The molecule has 1 N–H and O–H groups in total. The van der Waals surface area contributed by atoms with E-state index in [1.807, 2.05) is 37.3 Å². The average Bonchev–Trinajstić information content (AvgIpc) is 3.30. The molecular formula is C19H26N4O2. The van der Waals surface area contributed by atoms with Crippen molar-refractivity contribution in [1.29, 1.82) is 0 Å². The van der Waals surface area contributed by atoms with Gasteiger partial charge in [-0.15, -0.1) is 0 Å². The number of aromatic nitrogens is 2. The van der Waals surface area contributed by atoms with Crippen molar-refractivity contribution in [3.8, 4) is 0 Å². The van der Waals surface area contributed by atoms with Gasteiger partial charge in [-0.2, -0.15) is 4.98 Å². The van der Waals surface area contributed by atoms with Gasteiger partial charge in [0.15, 0.2) is 5.82 Å². The molecule has 1 aliphatic heterocycles. The van der Waals surface area contributed by atoms with Gasteiger partial charge in [0, 0.05) is 13.0 Å². The fourth-order valence-corrected chi connectivity index (χ4v) is 3.44. The van der Waals surface area contributed by atoms with E-state index in [1.165, 1.54) is 0 Å². The molecule has 1 amide bonds. The van der Waals surface area contributed by atoms with Crippen molar-refractivity contribution in [3.63, 3.8) is 0 Å². The van der Waals surface area contributed by atoms with Crippen LogP contribution in [0.25, 0.3) is 0 Å². The molecule has 2 aromatic rings. The first kappa shape index (κ1) is 17.6. The number of hydrogen-bond acceptors (Lipinski definition) is 5. The van der Waals surface area contributed by atoms with Gasteiger partial charge in [-0.25, -0.2) is 0 Å². The van der Waals surface area contributed by atoms with Crippen LogP contribution < -0.4 is 5.32 Å². The Kier molecular flexibility index (Phi) is 5.48. The maximum Gasteiger partial charge on any atom is 0.244 e. The van der Waals surface area contributed by atoms with E-state index in [1.54, 1.807) is 6.92 Å². The maximum absolute atomic E-state index is 13.1. The zero-order valence-corrected chi connectivity index (χ0v) is 15.0. The van der Waals surface area contributed by atoms with Crippen LogP contribution in [0.15, 0.2) is 34.9 Å². The van der Waals surface area contributed by atoms with Crippen molar-refractivity contribution in [1.82, 2.24) is 20.4 Å². The van der Waals surface area contributed by atoms with Gasteiger partial charge in [0.1, 0.15) is 5.54 Å². The van der Waals surface area contributed by atoms with E-state index in [9.17, 15) is 4.79 Å². The number of hydrogen-bond donors (Lipinski definition) is 1. The molecule has 6 heteroatoms. The molecule has 1 aromatic heterocycles. The highest BCUT2D eigenvalue weighted by molar-refractivity contribution is 5.87. The van der Waals surface area contributed by atoms with E-state index >= 15 is 0 Å². The molecule has 0 spiro atoms. The van der Waals surface area contributed by atoms with Gasteiger partial charge in [-0.1, -0.05) is 35.5 Å². The van der Waals surface area contributed by atoms with Gasteiger partial charge in [-0.05, 0) is 51.8 Å². The van der Waals surface area contributed by atoms with Crippen LogP contribution in [0.3, 0.4) is 0 Å². The second-order valence-corrected chi connectivity index (χ2v) is 6.73. The first-order valence-corrected chi connectivity index (χ1v) is 8.99. The van der Waals surface area contributed by atoms with Crippen LogP contribution in [-0.4, -0.2) is 40.6 Å². The van der Waals surface area contributed by atoms with Gasteiger partial charge < -0.3 is 9.84 Å². The molecule has 0 aliphatic carbocycles. The van der Waals surface area contributed by atoms with E-state index in [0.29, 0.717) is 24.7 Å². The predicted molar refractivity (Wildman–Crippen MR) is 95.0 cm³/mol. The van der Waals surface area contributed by atoms with E-state index < -0.39 is 5.54 Å². The third kappa shape index (κ3) is 3.90. The normalized spacial score (nSPS) is 17.4. The van der Waals surface area contributed by atoms with Crippen LogP contribution in [0.1, 0.15) is 43.5 Å². The molecule has 0 bridgehead atoms. The van der Waals surface area contributed by atoms with Crippen LogP contribution in [0.4, 0.5) is 0 Å². The number of likely N-dealkylation sites (tertiary alicyclic amines) is 1. The molecule has 1 aliphatic rings. The monoisotopic (exact) mass is 342 g/mol. The summed E-state index contributed by atoms with van der Waals surface area (Å²) in [6.45, 7) is 6.34. The Morgan fingerprint density at radius 2 is 2.00 bits per heavy atom. The minimum absolute atomic E-state index is 0.0577. The van der Waals surface area contributed by atoms with Crippen LogP contribution in [0.2, 0.25) is 0 Å². The summed E-state index contributed by atoms with van der Waals surface area (Å²) >= 11 is 0. The SMILES string of the molecule is Cc1noc(CCCNC(=O)C(C)(c2ccccc2)N2CCCC2)n1. The molecule has 0 saturated carbocycles. The summed E-state index contributed by atoms with van der Waals surface area (Å²) in [4.78, 5) is 19.5. The second-order valence-electron chi connectivity index (χ2n) is 6.73. The lowest BCUT2D eigenvalue weighted by Crippen LogP contribution is -2.53. The van der Waals surface area contributed by atoms with E-state index in [2.05, 4.69) is 20.4 Å². The Morgan fingerprint density at radius 1 is 1.28 bits per heavy atom. The lowest BCUT2D eigenvalue weighted by molar-refractivity contribution is -0.132. The molecular weight excluding hydrogens is 316 g/mol. The lowest BCUT2D eigenvalue weighted by atomic mass is 9.89. The molecule has 1 unspecified atom stereocenters. The summed E-state index contributed by atoms with van der Waals surface area (Å²) in [5.74, 6) is 1.32. The maximum atomic E-state index is 13.1. The third-order valence-corrected chi connectivity index (χ3v) is 4.94. The van der Waals surface area contributed by atoms with E-state index in [0.717, 1.165) is 37.9 Å². The van der Waals surface area contributed by atoms with Gasteiger partial charge in [0.2, 0.25) is 11.8 Å². The van der Waals surface area contributed by atoms with Gasteiger partial charge in [-0.3, -0.25) is 9.69 Å². The smallest absolute Gasteiger partial charge is 0.244 e. The van der Waals surface area contributed by atoms with Crippen molar-refractivity contribution in [2.75, 3.05) is 19.6 Å². The molecule has 1 atom stereocenters. The number of amides is 1. The Bertz CT molecular complexity index is 694. The first-order valence-electron chi connectivity index (χ1n) is 8.99. The number of carbonyl (C=O) groups excluding carboxylic acids is 1. The fraction of sp³-hybridized carbons (Fsp3) is 0.526. The molecule has 1 fully saturated rings. The summed E-state index contributed by atoms with van der Waals surface area (Å²) < 4.78 is 5.11. The number of aryl methyl sites for hydroxylation is 2. The van der Waals surface area contributed by atoms with Crippen LogP contribution in [-0.2, 0) is 16.8 Å². The van der Waals surface area contributed by atoms with Crippen molar-refractivity contribution in [3.05, 3.63) is 47.6 Å². The van der Waals surface area contributed by atoms with Crippen molar-refractivity contribution < 1.29 is 9.32 Å². The minimum Gasteiger partial charge on any atom is -0.354 e. The molecule has 6 nitrogen and oxygen atoms in total. The van der Waals surface area contributed by atoms with Crippen molar-refractivity contribution in [2.24, 2.45) is 0 Å². The quantitative estimate of drug-likeness (QED) is 0.783. The van der Waals surface area contributed by atoms with E-state index in [4.69, 9.17) is 4.52 Å². The first-order chi connectivity index (χ1) is 12.1. The third-order valence-electron chi connectivity index (χ3n) is 4.94. The fourth-order valence-electron chi connectivity index (χ4n) is 3.44. The predicted octanol–water partition coefficient (Wildman–Crippen LogP) is 2.44. The summed E-state index contributed by atoms with van der Waals surface area (Å²) in [7, 11) is 0. The molecule has 25 heavy (non-hydrogen) atoms. The summed E-state index contributed by atoms with van der Waals surface area (Å²) in [6.07, 6.45) is 3.74. The Balaban J connectivity index is 1.63. The topological polar surface area (TPSA) is 71.3 Å². The largest absolute Gasteiger partial charge is 0.354 e. The number of nitrogens with one attached hydrogen (secondary N) is 1. The number of nitrogens with zero attached hydrogens (tertiary/aromatic N) is 3. The highest BCUT2D eigenvalue weighted by Gasteiger charge is 2.41. The lowest BCUT2D eigenvalue weighted by Gasteiger charge is -2.37. The summed E-state index contributed by atoms with van der Waals surface area (Å²) in [5, 5.41) is 6.89. The van der Waals surface area contributed by atoms with Gasteiger partial charge >= 0.3 is 0 Å². The Hall–Kier alpha value is -2.21. The molecule has 0 radical (unpaired) electrons. The molecule has 1 aromatic carbocycles. The number of benzene rings is 1. The van der Waals surface area contributed by atoms with Crippen LogP contribution >= 0.6 is 0 Å². The standard InChI is InChI=1S/C19H26N4O2/c1-15-21-17(25-22-15)11-8-12-20-18(24)19(2,23-13-6-7-14-23)16-9-4-3-5-10-16/h3-5,9-10H,6-8,11-14H2,1-2H3,(H,20,24). The zero-order chi connectivity index (χ0) is 17.7. The number of carbonyl (C=O) groups is 1. The molecule has 1 saturated heterocycles. The Morgan fingerprint density at radius 3 is 2.64 bits per heavy atom. The van der Waals surface area contributed by atoms with Crippen LogP contribution in [0, 0.1) is 6.92 Å². The summed E-state index contributed by atoms with van der Waals surface area (Å²) in [6, 6.07) is 10.1. The summed E-state index contributed by atoms with van der Waals surface area (Å²) in [5.41, 5.74) is 0.417. The highest BCUT2D eigenvalue weighted by Crippen LogP contribution is 2.31. The van der Waals surface area contributed by atoms with Crippen LogP contribution in [0.5, 0.6) is 0 Å². The van der Waals surface area contributed by atoms with Gasteiger partial charge in [0.05, 0.1) is 0 Å². The van der Waals surface area contributed by atoms with E-state index in [-0.39, 0.29) is 5.91 Å². The van der Waals surface area contributed by atoms with Crippen molar-refractivity contribution in [2.45, 2.75) is 45.1 Å². The second kappa shape index (κ2) is 7.78. The average molecular weight is 342 g/mol. The molecule has 3 rings (SSSR count). The minimum atomic E-state index is -0.626. The number of rotatable bonds is 7. The Labute approximate surface area is 148 Å².